The molecule has 0 saturated heterocycles. The molecule has 1 aliphatic carbocycles. The SMILES string of the molecule is CCCCCCCCCC(=O)NC1CCCC1CN. The third-order valence-corrected chi connectivity index (χ3v) is 4.32. The minimum atomic E-state index is 0.235. The molecule has 2 unspecified atom stereocenters. The number of unbranched alkanes of at least 4 members (excludes halogenated alkanes) is 6. The van der Waals surface area contributed by atoms with Crippen LogP contribution in [0.1, 0.15) is 77.6 Å². The van der Waals surface area contributed by atoms with Crippen LogP contribution in [0.3, 0.4) is 0 Å². The molecule has 3 nitrogen and oxygen atoms in total. The van der Waals surface area contributed by atoms with Crippen LogP contribution in [0, 0.1) is 5.92 Å². The van der Waals surface area contributed by atoms with Gasteiger partial charge >= 0.3 is 0 Å². The molecule has 1 aliphatic rings. The van der Waals surface area contributed by atoms with E-state index < -0.39 is 0 Å². The average Bonchev–Trinajstić information content (AvgIpc) is 2.85. The minimum absolute atomic E-state index is 0.235. The molecular weight excluding hydrogens is 236 g/mol. The summed E-state index contributed by atoms with van der Waals surface area (Å²) in [5.41, 5.74) is 5.73. The normalized spacial score (nSPS) is 22.6. The van der Waals surface area contributed by atoms with Crippen molar-refractivity contribution in [2.45, 2.75) is 83.6 Å². The summed E-state index contributed by atoms with van der Waals surface area (Å²) in [4.78, 5) is 11.8. The maximum Gasteiger partial charge on any atom is 0.220 e. The van der Waals surface area contributed by atoms with Gasteiger partial charge in [-0.2, -0.15) is 0 Å². The first-order valence-corrected chi connectivity index (χ1v) is 8.27. The molecular formula is C16H32N2O. The maximum absolute atomic E-state index is 11.8. The Hall–Kier alpha value is -0.570. The van der Waals surface area contributed by atoms with Gasteiger partial charge in [-0.1, -0.05) is 51.9 Å². The van der Waals surface area contributed by atoms with Crippen LogP contribution in [0.5, 0.6) is 0 Å². The molecule has 1 fully saturated rings. The standard InChI is InChI=1S/C16H32N2O/c1-2-3-4-5-6-7-8-12-16(19)18-15-11-9-10-14(15)13-17/h14-15H,2-13,17H2,1H3,(H,18,19). The van der Waals surface area contributed by atoms with E-state index in [0.717, 1.165) is 12.8 Å². The zero-order valence-electron chi connectivity index (χ0n) is 12.6. The molecule has 0 bridgehead atoms. The molecule has 3 heteroatoms. The van der Waals surface area contributed by atoms with Gasteiger partial charge < -0.3 is 11.1 Å². The van der Waals surface area contributed by atoms with Crippen LogP contribution in [0.2, 0.25) is 0 Å². The minimum Gasteiger partial charge on any atom is -0.353 e. The lowest BCUT2D eigenvalue weighted by molar-refractivity contribution is -0.122. The van der Waals surface area contributed by atoms with Gasteiger partial charge in [-0.3, -0.25) is 4.79 Å². The van der Waals surface area contributed by atoms with Crippen molar-refractivity contribution in [3.63, 3.8) is 0 Å². The predicted molar refractivity (Wildman–Crippen MR) is 80.9 cm³/mol. The molecule has 1 saturated carbocycles. The van der Waals surface area contributed by atoms with Crippen molar-refractivity contribution in [2.75, 3.05) is 6.54 Å². The smallest absolute Gasteiger partial charge is 0.220 e. The van der Waals surface area contributed by atoms with E-state index in [9.17, 15) is 4.79 Å². The van der Waals surface area contributed by atoms with Gasteiger partial charge in [-0.25, -0.2) is 0 Å². The maximum atomic E-state index is 11.8. The van der Waals surface area contributed by atoms with Crippen molar-refractivity contribution in [2.24, 2.45) is 11.7 Å². The first kappa shape index (κ1) is 16.5. The van der Waals surface area contributed by atoms with Crippen LogP contribution in [0.4, 0.5) is 0 Å². The fourth-order valence-corrected chi connectivity index (χ4v) is 3.03. The van der Waals surface area contributed by atoms with Crippen molar-refractivity contribution < 1.29 is 4.79 Å². The highest BCUT2D eigenvalue weighted by Gasteiger charge is 2.26. The van der Waals surface area contributed by atoms with Crippen molar-refractivity contribution in [1.29, 1.82) is 0 Å². The Morgan fingerprint density at radius 2 is 1.79 bits per heavy atom. The Kier molecular flexibility index (Phi) is 8.89. The molecule has 1 amide bonds. The van der Waals surface area contributed by atoms with Crippen LogP contribution >= 0.6 is 0 Å². The van der Waals surface area contributed by atoms with Gasteiger partial charge in [0.2, 0.25) is 5.91 Å². The zero-order chi connectivity index (χ0) is 13.9. The topological polar surface area (TPSA) is 55.1 Å². The summed E-state index contributed by atoms with van der Waals surface area (Å²) in [5.74, 6) is 0.747. The highest BCUT2D eigenvalue weighted by Crippen LogP contribution is 2.24. The second-order valence-electron chi connectivity index (χ2n) is 5.97. The number of hydrogen-bond donors (Lipinski definition) is 2. The zero-order valence-corrected chi connectivity index (χ0v) is 12.6. The molecule has 0 radical (unpaired) electrons. The Morgan fingerprint density at radius 3 is 2.47 bits per heavy atom. The van der Waals surface area contributed by atoms with Crippen molar-refractivity contribution in [3.05, 3.63) is 0 Å². The number of nitrogens with one attached hydrogen (secondary N) is 1. The first-order chi connectivity index (χ1) is 9.27. The second kappa shape index (κ2) is 10.2. The predicted octanol–water partition coefficient (Wildman–Crippen LogP) is 3.37. The Morgan fingerprint density at radius 1 is 1.11 bits per heavy atom. The lowest BCUT2D eigenvalue weighted by atomic mass is 10.0. The molecule has 3 N–H and O–H groups in total. The molecule has 0 heterocycles. The van der Waals surface area contributed by atoms with Gasteiger partial charge in [0.25, 0.3) is 0 Å². The summed E-state index contributed by atoms with van der Waals surface area (Å²) >= 11 is 0. The quantitative estimate of drug-likeness (QED) is 0.597. The summed E-state index contributed by atoms with van der Waals surface area (Å²) in [5, 5.41) is 3.17. The summed E-state index contributed by atoms with van der Waals surface area (Å²) in [6, 6.07) is 0.349. The second-order valence-corrected chi connectivity index (χ2v) is 5.97. The van der Waals surface area contributed by atoms with E-state index in [4.69, 9.17) is 5.73 Å². The van der Waals surface area contributed by atoms with Gasteiger partial charge in [0.15, 0.2) is 0 Å². The molecule has 112 valence electrons. The van der Waals surface area contributed by atoms with Crippen LogP contribution < -0.4 is 11.1 Å². The Balaban J connectivity index is 1.99. The van der Waals surface area contributed by atoms with Crippen molar-refractivity contribution in [1.82, 2.24) is 5.32 Å². The van der Waals surface area contributed by atoms with Crippen molar-refractivity contribution in [3.8, 4) is 0 Å². The highest BCUT2D eigenvalue weighted by atomic mass is 16.1. The summed E-state index contributed by atoms with van der Waals surface area (Å²) in [6.45, 7) is 2.95. The van der Waals surface area contributed by atoms with Gasteiger partial charge in [0.1, 0.15) is 0 Å². The van der Waals surface area contributed by atoms with Gasteiger partial charge in [0.05, 0.1) is 0 Å². The lowest BCUT2D eigenvalue weighted by Gasteiger charge is -2.19. The van der Waals surface area contributed by atoms with Crippen molar-refractivity contribution >= 4 is 5.91 Å². The van der Waals surface area contributed by atoms with E-state index in [1.54, 1.807) is 0 Å². The first-order valence-electron chi connectivity index (χ1n) is 8.27. The van der Waals surface area contributed by atoms with E-state index in [1.165, 1.54) is 51.4 Å². The number of rotatable bonds is 10. The Labute approximate surface area is 118 Å². The van der Waals surface area contributed by atoms with Gasteiger partial charge in [-0.15, -0.1) is 0 Å². The number of amides is 1. The van der Waals surface area contributed by atoms with Gasteiger partial charge in [0, 0.05) is 12.5 Å². The average molecular weight is 268 g/mol. The monoisotopic (exact) mass is 268 g/mol. The third-order valence-electron chi connectivity index (χ3n) is 4.32. The van der Waals surface area contributed by atoms with Gasteiger partial charge in [-0.05, 0) is 31.7 Å². The fourth-order valence-electron chi connectivity index (χ4n) is 3.03. The molecule has 19 heavy (non-hydrogen) atoms. The van der Waals surface area contributed by atoms with Crippen LogP contribution in [-0.4, -0.2) is 18.5 Å². The highest BCUT2D eigenvalue weighted by molar-refractivity contribution is 5.76. The third kappa shape index (κ3) is 6.95. The summed E-state index contributed by atoms with van der Waals surface area (Å²) < 4.78 is 0. The van der Waals surface area contributed by atoms with Crippen LogP contribution in [-0.2, 0) is 4.79 Å². The number of carbonyl (C=O) groups is 1. The summed E-state index contributed by atoms with van der Waals surface area (Å²) in [6.07, 6.45) is 13.0. The summed E-state index contributed by atoms with van der Waals surface area (Å²) in [7, 11) is 0. The van der Waals surface area contributed by atoms with E-state index in [-0.39, 0.29) is 5.91 Å². The van der Waals surface area contributed by atoms with Crippen LogP contribution in [0.25, 0.3) is 0 Å². The number of carbonyl (C=O) groups excluding carboxylic acids is 1. The molecule has 2 atom stereocenters. The molecule has 0 aromatic carbocycles. The molecule has 1 rings (SSSR count). The lowest BCUT2D eigenvalue weighted by Crippen LogP contribution is -2.39. The molecule has 0 aliphatic heterocycles. The van der Waals surface area contributed by atoms with Crippen LogP contribution in [0.15, 0.2) is 0 Å². The van der Waals surface area contributed by atoms with E-state index >= 15 is 0 Å². The molecule has 0 aromatic heterocycles. The fraction of sp³-hybridized carbons (Fsp3) is 0.938. The number of hydrogen-bond acceptors (Lipinski definition) is 2. The van der Waals surface area contributed by atoms with E-state index in [1.807, 2.05) is 0 Å². The van der Waals surface area contributed by atoms with E-state index in [0.29, 0.717) is 24.9 Å². The Bertz CT molecular complexity index is 243. The molecule has 0 spiro atoms. The largest absolute Gasteiger partial charge is 0.353 e. The molecule has 0 aromatic rings. The number of nitrogens with two attached hydrogens (primary N) is 1. The van der Waals surface area contributed by atoms with E-state index in [2.05, 4.69) is 12.2 Å².